The van der Waals surface area contributed by atoms with Gasteiger partial charge in [0, 0.05) is 12.6 Å². The molecule has 2 atom stereocenters. The highest BCUT2D eigenvalue weighted by Gasteiger charge is 2.21. The lowest BCUT2D eigenvalue weighted by molar-refractivity contribution is -0.138. The zero-order valence-corrected chi connectivity index (χ0v) is 10.4. The summed E-state index contributed by atoms with van der Waals surface area (Å²) in [7, 11) is 0. The topological polar surface area (TPSA) is 81.7 Å². The number of amides is 2. The molecule has 1 saturated heterocycles. The molecule has 1 unspecified atom stereocenters. The van der Waals surface area contributed by atoms with Crippen molar-refractivity contribution in [3.8, 4) is 0 Å². The van der Waals surface area contributed by atoms with Crippen LogP contribution in [0.4, 0.5) is 4.79 Å². The van der Waals surface area contributed by atoms with Crippen molar-refractivity contribution >= 4 is 12.0 Å². The molecule has 17 heavy (non-hydrogen) atoms. The van der Waals surface area contributed by atoms with Crippen LogP contribution in [-0.4, -0.2) is 53.7 Å². The minimum absolute atomic E-state index is 0.115. The summed E-state index contributed by atoms with van der Waals surface area (Å²) in [5.74, 6) is -1.03. The smallest absolute Gasteiger partial charge is 0.325 e. The van der Waals surface area contributed by atoms with Gasteiger partial charge < -0.3 is 20.6 Å². The second-order valence-electron chi connectivity index (χ2n) is 4.41. The molecule has 1 aliphatic rings. The van der Waals surface area contributed by atoms with Crippen LogP contribution in [0.25, 0.3) is 0 Å². The summed E-state index contributed by atoms with van der Waals surface area (Å²) in [5, 5.41) is 13.9. The molecular formula is C11H21N3O3. The molecule has 1 heterocycles. The third-order valence-electron chi connectivity index (χ3n) is 3.01. The second-order valence-corrected chi connectivity index (χ2v) is 4.41. The summed E-state index contributed by atoms with van der Waals surface area (Å²) < 4.78 is 0. The highest BCUT2D eigenvalue weighted by atomic mass is 16.4. The number of hydrogen-bond donors (Lipinski definition) is 3. The van der Waals surface area contributed by atoms with E-state index in [-0.39, 0.29) is 6.04 Å². The van der Waals surface area contributed by atoms with Crippen LogP contribution in [0.5, 0.6) is 0 Å². The van der Waals surface area contributed by atoms with Crippen molar-refractivity contribution in [2.75, 3.05) is 19.6 Å². The number of likely N-dealkylation sites (tertiary alicyclic amines) is 1. The average molecular weight is 243 g/mol. The van der Waals surface area contributed by atoms with Gasteiger partial charge in [-0.05, 0) is 32.9 Å². The Hall–Kier alpha value is -1.30. The number of carboxylic acids is 1. The number of aliphatic carboxylic acids is 1. The van der Waals surface area contributed by atoms with E-state index in [1.807, 2.05) is 0 Å². The van der Waals surface area contributed by atoms with Crippen molar-refractivity contribution in [2.24, 2.45) is 0 Å². The molecule has 1 aliphatic heterocycles. The molecule has 0 radical (unpaired) electrons. The van der Waals surface area contributed by atoms with Crippen LogP contribution in [0, 0.1) is 0 Å². The van der Waals surface area contributed by atoms with Crippen molar-refractivity contribution in [1.29, 1.82) is 0 Å². The summed E-state index contributed by atoms with van der Waals surface area (Å²) in [6.07, 6.45) is 2.01. The van der Waals surface area contributed by atoms with Crippen molar-refractivity contribution < 1.29 is 14.7 Å². The van der Waals surface area contributed by atoms with Crippen molar-refractivity contribution in [3.63, 3.8) is 0 Å². The number of nitrogens with zero attached hydrogens (tertiary/aromatic N) is 1. The normalized spacial score (nSPS) is 22.8. The highest BCUT2D eigenvalue weighted by molar-refractivity contribution is 5.82. The Morgan fingerprint density at radius 3 is 2.82 bits per heavy atom. The lowest BCUT2D eigenvalue weighted by Crippen LogP contribution is -2.52. The number of hydrogen-bond acceptors (Lipinski definition) is 3. The zero-order chi connectivity index (χ0) is 12.8. The van der Waals surface area contributed by atoms with Gasteiger partial charge in [-0.2, -0.15) is 0 Å². The summed E-state index contributed by atoms with van der Waals surface area (Å²) in [5.41, 5.74) is 0. The van der Waals surface area contributed by atoms with Crippen LogP contribution in [0.15, 0.2) is 0 Å². The van der Waals surface area contributed by atoms with Crippen molar-refractivity contribution in [3.05, 3.63) is 0 Å². The summed E-state index contributed by atoms with van der Waals surface area (Å²) in [6.45, 7) is 6.43. The van der Waals surface area contributed by atoms with E-state index in [2.05, 4.69) is 22.5 Å². The summed E-state index contributed by atoms with van der Waals surface area (Å²) in [6, 6.07) is -1.14. The van der Waals surface area contributed by atoms with Gasteiger partial charge in [-0.3, -0.25) is 4.79 Å². The summed E-state index contributed by atoms with van der Waals surface area (Å²) in [4.78, 5) is 24.4. The van der Waals surface area contributed by atoms with Crippen LogP contribution in [0.1, 0.15) is 26.7 Å². The molecule has 1 rings (SSSR count). The number of rotatable bonds is 4. The first kappa shape index (κ1) is 13.8. The predicted octanol–water partition coefficient (Wildman–Crippen LogP) is 0.243. The van der Waals surface area contributed by atoms with E-state index >= 15 is 0 Å². The largest absolute Gasteiger partial charge is 0.480 e. The molecular weight excluding hydrogens is 222 g/mol. The van der Waals surface area contributed by atoms with Gasteiger partial charge >= 0.3 is 12.0 Å². The molecule has 3 N–H and O–H groups in total. The molecule has 0 aromatic carbocycles. The number of urea groups is 1. The molecule has 0 bridgehead atoms. The van der Waals surface area contributed by atoms with Crippen molar-refractivity contribution in [1.82, 2.24) is 15.5 Å². The molecule has 0 saturated carbocycles. The van der Waals surface area contributed by atoms with Gasteiger partial charge in [-0.25, -0.2) is 4.79 Å². The number of likely N-dealkylation sites (N-methyl/N-ethyl adjacent to an activating group) is 1. The molecule has 98 valence electrons. The summed E-state index contributed by atoms with van der Waals surface area (Å²) >= 11 is 0. The molecule has 0 aliphatic carbocycles. The molecule has 2 amide bonds. The maximum atomic E-state index is 11.5. The zero-order valence-electron chi connectivity index (χ0n) is 10.4. The third-order valence-corrected chi connectivity index (χ3v) is 3.01. The van der Waals surface area contributed by atoms with E-state index < -0.39 is 18.0 Å². The van der Waals surface area contributed by atoms with E-state index in [0.717, 1.165) is 32.5 Å². The third kappa shape index (κ3) is 4.60. The van der Waals surface area contributed by atoms with Gasteiger partial charge in [0.2, 0.25) is 0 Å². The fourth-order valence-electron chi connectivity index (χ4n) is 1.95. The lowest BCUT2D eigenvalue weighted by atomic mass is 10.1. The number of carbonyl (C=O) groups excluding carboxylic acids is 1. The molecule has 0 aromatic heterocycles. The first-order valence-corrected chi connectivity index (χ1v) is 6.05. The van der Waals surface area contributed by atoms with Gasteiger partial charge in [0.25, 0.3) is 0 Å². The Balaban J connectivity index is 2.33. The maximum absolute atomic E-state index is 11.5. The van der Waals surface area contributed by atoms with E-state index in [9.17, 15) is 9.59 Å². The van der Waals surface area contributed by atoms with Crippen LogP contribution in [-0.2, 0) is 4.79 Å². The molecule has 0 spiro atoms. The van der Waals surface area contributed by atoms with E-state index in [1.165, 1.54) is 6.92 Å². The van der Waals surface area contributed by atoms with Gasteiger partial charge in [-0.15, -0.1) is 0 Å². The number of piperidine rings is 1. The Labute approximate surface area is 101 Å². The minimum Gasteiger partial charge on any atom is -0.480 e. The van der Waals surface area contributed by atoms with Gasteiger partial charge in [0.1, 0.15) is 6.04 Å². The number of nitrogens with one attached hydrogen (secondary N) is 2. The average Bonchev–Trinajstić information content (AvgIpc) is 2.28. The number of carbonyl (C=O) groups is 2. The SMILES string of the molecule is CCN1CCCC(NC(=O)N[C@H](C)C(=O)O)C1. The van der Waals surface area contributed by atoms with Crippen LogP contribution in [0.2, 0.25) is 0 Å². The van der Waals surface area contributed by atoms with E-state index in [4.69, 9.17) is 5.11 Å². The van der Waals surface area contributed by atoms with E-state index in [1.54, 1.807) is 0 Å². The monoisotopic (exact) mass is 243 g/mol. The van der Waals surface area contributed by atoms with Gasteiger partial charge in [0.15, 0.2) is 0 Å². The Morgan fingerprint density at radius 1 is 1.53 bits per heavy atom. The second kappa shape index (κ2) is 6.44. The van der Waals surface area contributed by atoms with Crippen LogP contribution in [0.3, 0.4) is 0 Å². The van der Waals surface area contributed by atoms with Crippen molar-refractivity contribution in [2.45, 2.75) is 38.8 Å². The lowest BCUT2D eigenvalue weighted by Gasteiger charge is -2.32. The Bertz CT molecular complexity index is 283. The molecule has 6 heteroatoms. The maximum Gasteiger partial charge on any atom is 0.325 e. The standard InChI is InChI=1S/C11H21N3O3/c1-3-14-6-4-5-9(7-14)13-11(17)12-8(2)10(15)16/h8-9H,3-7H2,1-2H3,(H,15,16)(H2,12,13,17)/t8-,9?/m1/s1. The minimum atomic E-state index is -1.03. The first-order chi connectivity index (χ1) is 8.02. The Kier molecular flexibility index (Phi) is 5.21. The molecule has 0 aromatic rings. The first-order valence-electron chi connectivity index (χ1n) is 6.05. The van der Waals surface area contributed by atoms with Gasteiger partial charge in [-0.1, -0.05) is 6.92 Å². The van der Waals surface area contributed by atoms with Gasteiger partial charge in [0.05, 0.1) is 0 Å². The predicted molar refractivity (Wildman–Crippen MR) is 63.9 cm³/mol. The van der Waals surface area contributed by atoms with Crippen LogP contribution >= 0.6 is 0 Å². The highest BCUT2D eigenvalue weighted by Crippen LogP contribution is 2.09. The fourth-order valence-corrected chi connectivity index (χ4v) is 1.95. The number of carboxylic acid groups (broad SMARTS) is 1. The molecule has 1 fully saturated rings. The fraction of sp³-hybridized carbons (Fsp3) is 0.818. The quantitative estimate of drug-likeness (QED) is 0.661. The van der Waals surface area contributed by atoms with Crippen LogP contribution < -0.4 is 10.6 Å². The Morgan fingerprint density at radius 2 is 2.24 bits per heavy atom. The van der Waals surface area contributed by atoms with E-state index in [0.29, 0.717) is 0 Å². The molecule has 6 nitrogen and oxygen atoms in total.